The largest absolute Gasteiger partial charge is 0.0843 e. The summed E-state index contributed by atoms with van der Waals surface area (Å²) in [5.74, 6) is 0.454. The monoisotopic (exact) mass is 264 g/mol. The summed E-state index contributed by atoms with van der Waals surface area (Å²) in [4.78, 5) is 0. The van der Waals surface area contributed by atoms with Gasteiger partial charge in [0.1, 0.15) is 0 Å². The van der Waals surface area contributed by atoms with E-state index in [9.17, 15) is 0 Å². The summed E-state index contributed by atoms with van der Waals surface area (Å²) in [6, 6.07) is 16.1. The van der Waals surface area contributed by atoms with Crippen LogP contribution in [-0.4, -0.2) is 0 Å². The molecule has 0 aliphatic carbocycles. The molecule has 0 fully saturated rings. The molecule has 0 aliphatic rings. The van der Waals surface area contributed by atoms with Crippen LogP contribution in [0.3, 0.4) is 0 Å². The fourth-order valence-corrected chi connectivity index (χ4v) is 2.23. The Morgan fingerprint density at radius 2 is 1.65 bits per heavy atom. The van der Waals surface area contributed by atoms with E-state index < -0.39 is 0 Å². The summed E-state index contributed by atoms with van der Waals surface area (Å²) in [6.45, 7) is 2.21. The van der Waals surface area contributed by atoms with E-state index in [1.54, 1.807) is 0 Å². The lowest BCUT2D eigenvalue weighted by atomic mass is 9.94. The molecule has 2 rings (SSSR count). The first-order chi connectivity index (χ1) is 8.15. The first-order valence-corrected chi connectivity index (χ1v) is 6.40. The van der Waals surface area contributed by atoms with E-state index in [0.717, 1.165) is 16.5 Å². The van der Waals surface area contributed by atoms with Gasteiger partial charge in [-0.3, -0.25) is 0 Å². The number of halogens is 2. The highest BCUT2D eigenvalue weighted by Crippen LogP contribution is 2.23. The van der Waals surface area contributed by atoms with Gasteiger partial charge in [0, 0.05) is 10.0 Å². The van der Waals surface area contributed by atoms with Crippen molar-refractivity contribution in [3.8, 4) is 0 Å². The molecule has 0 nitrogen and oxygen atoms in total. The number of rotatable bonds is 3. The van der Waals surface area contributed by atoms with Crippen molar-refractivity contribution >= 4 is 23.2 Å². The first kappa shape index (κ1) is 12.5. The standard InChI is InChI=1S/C15H14Cl2/c1-11(13-3-2-4-15(17)10-13)9-12-5-7-14(16)8-6-12/h2-8,10-11H,9H2,1H3. The fourth-order valence-electron chi connectivity index (χ4n) is 1.91. The molecular formula is C15H14Cl2. The molecule has 2 aromatic carbocycles. The van der Waals surface area contributed by atoms with Gasteiger partial charge in [-0.05, 0) is 47.7 Å². The zero-order valence-corrected chi connectivity index (χ0v) is 11.2. The molecule has 17 heavy (non-hydrogen) atoms. The predicted octanol–water partition coefficient (Wildman–Crippen LogP) is 5.34. The highest BCUT2D eigenvalue weighted by atomic mass is 35.5. The smallest absolute Gasteiger partial charge is 0.0408 e. The third-order valence-corrected chi connectivity index (χ3v) is 3.36. The second kappa shape index (κ2) is 5.57. The zero-order valence-electron chi connectivity index (χ0n) is 9.66. The third-order valence-electron chi connectivity index (χ3n) is 2.87. The molecule has 0 amide bonds. The lowest BCUT2D eigenvalue weighted by molar-refractivity contribution is 0.759. The van der Waals surface area contributed by atoms with Crippen LogP contribution in [0, 0.1) is 0 Å². The fraction of sp³-hybridized carbons (Fsp3) is 0.200. The van der Waals surface area contributed by atoms with Crippen molar-refractivity contribution in [2.24, 2.45) is 0 Å². The van der Waals surface area contributed by atoms with Crippen LogP contribution in [0.2, 0.25) is 10.0 Å². The highest BCUT2D eigenvalue weighted by molar-refractivity contribution is 6.30. The normalized spacial score (nSPS) is 12.4. The van der Waals surface area contributed by atoms with Gasteiger partial charge in [0.2, 0.25) is 0 Å². The molecule has 0 spiro atoms. The molecule has 0 radical (unpaired) electrons. The van der Waals surface area contributed by atoms with Gasteiger partial charge in [-0.25, -0.2) is 0 Å². The van der Waals surface area contributed by atoms with Crippen LogP contribution < -0.4 is 0 Å². The minimum Gasteiger partial charge on any atom is -0.0843 e. The van der Waals surface area contributed by atoms with Gasteiger partial charge in [-0.15, -0.1) is 0 Å². The summed E-state index contributed by atoms with van der Waals surface area (Å²) in [5, 5.41) is 1.58. The van der Waals surface area contributed by atoms with Crippen molar-refractivity contribution in [2.75, 3.05) is 0 Å². The Morgan fingerprint density at radius 1 is 0.941 bits per heavy atom. The van der Waals surface area contributed by atoms with E-state index in [4.69, 9.17) is 23.2 Å². The Labute approximate surface area is 112 Å². The second-order valence-electron chi connectivity index (χ2n) is 4.29. The molecule has 2 heteroatoms. The van der Waals surface area contributed by atoms with Gasteiger partial charge >= 0.3 is 0 Å². The van der Waals surface area contributed by atoms with E-state index in [1.165, 1.54) is 11.1 Å². The Kier molecular flexibility index (Phi) is 4.09. The quantitative estimate of drug-likeness (QED) is 0.702. The van der Waals surface area contributed by atoms with E-state index in [0.29, 0.717) is 5.92 Å². The maximum absolute atomic E-state index is 6.00. The van der Waals surface area contributed by atoms with E-state index >= 15 is 0 Å². The van der Waals surface area contributed by atoms with Crippen LogP contribution >= 0.6 is 23.2 Å². The summed E-state index contributed by atoms with van der Waals surface area (Å²) in [7, 11) is 0. The molecule has 0 aliphatic heterocycles. The Balaban J connectivity index is 2.11. The van der Waals surface area contributed by atoms with Gasteiger partial charge in [0.15, 0.2) is 0 Å². The van der Waals surface area contributed by atoms with Crippen LogP contribution in [0.15, 0.2) is 48.5 Å². The number of benzene rings is 2. The average Bonchev–Trinajstić information content (AvgIpc) is 2.32. The van der Waals surface area contributed by atoms with Gasteiger partial charge < -0.3 is 0 Å². The van der Waals surface area contributed by atoms with Crippen molar-refractivity contribution in [2.45, 2.75) is 19.3 Å². The summed E-state index contributed by atoms with van der Waals surface area (Å²) in [6.07, 6.45) is 0.998. The molecule has 2 aromatic rings. The van der Waals surface area contributed by atoms with E-state index in [1.807, 2.05) is 30.3 Å². The molecule has 88 valence electrons. The lowest BCUT2D eigenvalue weighted by Gasteiger charge is -2.12. The van der Waals surface area contributed by atoms with Crippen molar-refractivity contribution < 1.29 is 0 Å². The Hall–Kier alpha value is -0.980. The molecule has 1 unspecified atom stereocenters. The number of hydrogen-bond donors (Lipinski definition) is 0. The average molecular weight is 265 g/mol. The molecule has 0 aromatic heterocycles. The molecule has 0 N–H and O–H groups in total. The third kappa shape index (κ3) is 3.49. The van der Waals surface area contributed by atoms with Crippen molar-refractivity contribution in [1.29, 1.82) is 0 Å². The Bertz CT molecular complexity index is 489. The van der Waals surface area contributed by atoms with Crippen LogP contribution in [0.25, 0.3) is 0 Å². The summed E-state index contributed by atoms with van der Waals surface area (Å²) in [5.41, 5.74) is 2.56. The second-order valence-corrected chi connectivity index (χ2v) is 5.16. The minimum atomic E-state index is 0.454. The molecule has 0 bridgehead atoms. The molecule has 0 saturated heterocycles. The summed E-state index contributed by atoms with van der Waals surface area (Å²) >= 11 is 11.9. The minimum absolute atomic E-state index is 0.454. The van der Waals surface area contributed by atoms with Gasteiger partial charge in [0.05, 0.1) is 0 Å². The molecule has 0 saturated carbocycles. The van der Waals surface area contributed by atoms with E-state index in [2.05, 4.69) is 25.1 Å². The van der Waals surface area contributed by atoms with Crippen molar-refractivity contribution in [3.63, 3.8) is 0 Å². The highest BCUT2D eigenvalue weighted by Gasteiger charge is 2.07. The van der Waals surface area contributed by atoms with Crippen LogP contribution in [0.4, 0.5) is 0 Å². The topological polar surface area (TPSA) is 0 Å². The number of hydrogen-bond acceptors (Lipinski definition) is 0. The zero-order chi connectivity index (χ0) is 12.3. The lowest BCUT2D eigenvalue weighted by Crippen LogP contribution is -1.98. The maximum Gasteiger partial charge on any atom is 0.0408 e. The first-order valence-electron chi connectivity index (χ1n) is 5.65. The molecule has 1 atom stereocenters. The van der Waals surface area contributed by atoms with Crippen molar-refractivity contribution in [3.05, 3.63) is 69.7 Å². The van der Waals surface area contributed by atoms with Crippen LogP contribution in [0.1, 0.15) is 24.0 Å². The Morgan fingerprint density at radius 3 is 2.29 bits per heavy atom. The van der Waals surface area contributed by atoms with Crippen molar-refractivity contribution in [1.82, 2.24) is 0 Å². The molecule has 0 heterocycles. The van der Waals surface area contributed by atoms with Crippen LogP contribution in [-0.2, 0) is 6.42 Å². The maximum atomic E-state index is 6.00. The van der Waals surface area contributed by atoms with Crippen LogP contribution in [0.5, 0.6) is 0 Å². The SMILES string of the molecule is CC(Cc1ccc(Cl)cc1)c1cccc(Cl)c1. The van der Waals surface area contributed by atoms with Gasteiger partial charge in [-0.1, -0.05) is 54.4 Å². The molecular weight excluding hydrogens is 251 g/mol. The van der Waals surface area contributed by atoms with Gasteiger partial charge in [-0.2, -0.15) is 0 Å². The summed E-state index contributed by atoms with van der Waals surface area (Å²) < 4.78 is 0. The van der Waals surface area contributed by atoms with Gasteiger partial charge in [0.25, 0.3) is 0 Å². The van der Waals surface area contributed by atoms with E-state index in [-0.39, 0.29) is 0 Å². The predicted molar refractivity (Wildman–Crippen MR) is 75.0 cm³/mol.